The molecule has 1 N–H and O–H groups in total. The van der Waals surface area contributed by atoms with Crippen molar-refractivity contribution in [3.05, 3.63) is 100 Å². The Hall–Kier alpha value is -3.64. The largest absolute Gasteiger partial charge is 0.483 e. The van der Waals surface area contributed by atoms with Gasteiger partial charge in [-0.05, 0) is 41.5 Å². The Morgan fingerprint density at radius 2 is 1.78 bits per heavy atom. The second kappa shape index (κ2) is 9.24. The minimum Gasteiger partial charge on any atom is -0.483 e. The van der Waals surface area contributed by atoms with Gasteiger partial charge in [-0.1, -0.05) is 54.1 Å². The zero-order valence-corrected chi connectivity index (χ0v) is 18.1. The first-order valence-electron chi connectivity index (χ1n) is 10.1. The summed E-state index contributed by atoms with van der Waals surface area (Å²) in [6, 6.07) is 20.8. The molecule has 1 amide bonds. The van der Waals surface area contributed by atoms with Crippen LogP contribution in [0.2, 0.25) is 5.02 Å². The molecule has 0 saturated carbocycles. The maximum Gasteiger partial charge on any atom is 0.335 e. The molecule has 0 fully saturated rings. The van der Waals surface area contributed by atoms with Gasteiger partial charge < -0.3 is 14.7 Å². The van der Waals surface area contributed by atoms with Crippen LogP contribution in [0.1, 0.15) is 31.8 Å². The van der Waals surface area contributed by atoms with Gasteiger partial charge in [-0.15, -0.1) is 0 Å². The molecule has 0 aromatic heterocycles. The molecule has 7 heteroatoms. The molecular formula is C25H21ClN2O4. The number of halogens is 1. The average Bonchev–Trinajstić information content (AvgIpc) is 2.90. The summed E-state index contributed by atoms with van der Waals surface area (Å²) in [6.07, 6.45) is 0.508. The quantitative estimate of drug-likeness (QED) is 0.596. The lowest BCUT2D eigenvalue weighted by molar-refractivity contribution is 0.0686. The Bertz CT molecular complexity index is 1180. The number of carboxylic acid groups (broad SMARTS) is 1. The van der Waals surface area contributed by atoms with E-state index in [9.17, 15) is 14.7 Å². The van der Waals surface area contributed by atoms with Gasteiger partial charge in [0.25, 0.3) is 5.91 Å². The normalized spacial score (nSPS) is 15.6. The fourth-order valence-corrected chi connectivity index (χ4v) is 3.92. The van der Waals surface area contributed by atoms with Crippen LogP contribution < -0.4 is 0 Å². The molecule has 4 rings (SSSR count). The molecule has 0 saturated heterocycles. The number of hydrogen-bond acceptors (Lipinski definition) is 4. The van der Waals surface area contributed by atoms with Crippen LogP contribution in [0, 0.1) is 0 Å². The van der Waals surface area contributed by atoms with Crippen molar-refractivity contribution < 1.29 is 19.4 Å². The standard InChI is InChI=1S/C25H21ClN2O4/c1-32-23-22(13-16-5-3-2-4-6-16)28(15-17-7-9-18(10-8-17)25(30)31)24(29)20-12-11-19(26)14-21(20)27-23/h2-12,14,22H,13,15H2,1H3,(H,30,31)/t22-/m1/s1. The zero-order valence-electron chi connectivity index (χ0n) is 17.4. The number of carboxylic acids is 1. The SMILES string of the molecule is COC1=Nc2cc(Cl)ccc2C(=O)N(Cc2ccc(C(=O)O)cc2)[C@@H]1Cc1ccccc1. The third-order valence-corrected chi connectivity index (χ3v) is 5.61. The molecule has 32 heavy (non-hydrogen) atoms. The van der Waals surface area contributed by atoms with E-state index in [1.54, 1.807) is 35.2 Å². The van der Waals surface area contributed by atoms with Gasteiger partial charge in [-0.3, -0.25) is 4.79 Å². The maximum absolute atomic E-state index is 13.6. The van der Waals surface area contributed by atoms with E-state index in [1.165, 1.54) is 19.2 Å². The van der Waals surface area contributed by atoms with Gasteiger partial charge in [-0.2, -0.15) is 0 Å². The molecule has 1 aliphatic rings. The van der Waals surface area contributed by atoms with E-state index >= 15 is 0 Å². The van der Waals surface area contributed by atoms with Crippen LogP contribution in [0.3, 0.4) is 0 Å². The number of aliphatic imine (C=N–C) groups is 1. The van der Waals surface area contributed by atoms with E-state index in [0.717, 1.165) is 11.1 Å². The van der Waals surface area contributed by atoms with Gasteiger partial charge in [-0.25, -0.2) is 9.79 Å². The molecule has 0 unspecified atom stereocenters. The summed E-state index contributed by atoms with van der Waals surface area (Å²) in [5, 5.41) is 9.65. The van der Waals surface area contributed by atoms with Crippen LogP contribution >= 0.6 is 11.6 Å². The predicted molar refractivity (Wildman–Crippen MR) is 123 cm³/mol. The highest BCUT2D eigenvalue weighted by Gasteiger charge is 2.34. The first-order chi connectivity index (χ1) is 15.5. The van der Waals surface area contributed by atoms with Crippen molar-refractivity contribution >= 4 is 35.1 Å². The summed E-state index contributed by atoms with van der Waals surface area (Å²) < 4.78 is 5.65. The average molecular weight is 449 g/mol. The molecule has 0 aliphatic carbocycles. The lowest BCUT2D eigenvalue weighted by Gasteiger charge is -2.31. The van der Waals surface area contributed by atoms with Crippen molar-refractivity contribution in [2.75, 3.05) is 7.11 Å². The monoisotopic (exact) mass is 448 g/mol. The summed E-state index contributed by atoms with van der Waals surface area (Å²) in [6.45, 7) is 0.265. The van der Waals surface area contributed by atoms with Gasteiger partial charge in [0.05, 0.1) is 23.9 Å². The smallest absolute Gasteiger partial charge is 0.335 e. The lowest BCUT2D eigenvalue weighted by Crippen LogP contribution is -2.45. The minimum atomic E-state index is -0.996. The van der Waals surface area contributed by atoms with Gasteiger partial charge in [0.15, 0.2) is 0 Å². The Kier molecular flexibility index (Phi) is 6.23. The number of aromatic carboxylic acids is 1. The van der Waals surface area contributed by atoms with E-state index < -0.39 is 12.0 Å². The summed E-state index contributed by atoms with van der Waals surface area (Å²) in [7, 11) is 1.54. The zero-order chi connectivity index (χ0) is 22.7. The fraction of sp³-hybridized carbons (Fsp3) is 0.160. The number of fused-ring (bicyclic) bond motifs is 1. The molecule has 1 atom stereocenters. The van der Waals surface area contributed by atoms with E-state index in [1.807, 2.05) is 30.3 Å². The molecule has 3 aromatic rings. The molecule has 0 radical (unpaired) electrons. The number of carbonyl (C=O) groups excluding carboxylic acids is 1. The molecule has 0 bridgehead atoms. The first-order valence-corrected chi connectivity index (χ1v) is 10.4. The van der Waals surface area contributed by atoms with E-state index in [4.69, 9.17) is 16.3 Å². The summed E-state index contributed by atoms with van der Waals surface area (Å²) in [4.78, 5) is 31.2. The third kappa shape index (κ3) is 4.50. The number of amides is 1. The van der Waals surface area contributed by atoms with Crippen molar-refractivity contribution in [3.63, 3.8) is 0 Å². The van der Waals surface area contributed by atoms with Gasteiger partial charge >= 0.3 is 5.97 Å². The molecule has 6 nitrogen and oxygen atoms in total. The fourth-order valence-electron chi connectivity index (χ4n) is 3.75. The van der Waals surface area contributed by atoms with Crippen LogP contribution in [-0.4, -0.2) is 40.9 Å². The van der Waals surface area contributed by atoms with Crippen LogP contribution in [0.15, 0.2) is 77.8 Å². The van der Waals surface area contributed by atoms with Crippen molar-refractivity contribution in [1.29, 1.82) is 0 Å². The Morgan fingerprint density at radius 1 is 1.06 bits per heavy atom. The highest BCUT2D eigenvalue weighted by Crippen LogP contribution is 2.31. The van der Waals surface area contributed by atoms with Crippen LogP contribution in [0.4, 0.5) is 5.69 Å². The molecule has 162 valence electrons. The highest BCUT2D eigenvalue weighted by molar-refractivity contribution is 6.31. The number of hydrogen-bond donors (Lipinski definition) is 1. The highest BCUT2D eigenvalue weighted by atomic mass is 35.5. The molecule has 0 spiro atoms. The Balaban J connectivity index is 1.77. The van der Waals surface area contributed by atoms with Crippen molar-refractivity contribution in [2.45, 2.75) is 19.0 Å². The van der Waals surface area contributed by atoms with E-state index in [0.29, 0.717) is 28.6 Å². The second-order valence-corrected chi connectivity index (χ2v) is 7.89. The van der Waals surface area contributed by atoms with Gasteiger partial charge in [0.1, 0.15) is 6.04 Å². The van der Waals surface area contributed by atoms with Gasteiger partial charge in [0.2, 0.25) is 5.90 Å². The van der Waals surface area contributed by atoms with Crippen molar-refractivity contribution in [2.24, 2.45) is 4.99 Å². The summed E-state index contributed by atoms with van der Waals surface area (Å²) in [5.41, 5.74) is 2.92. The summed E-state index contributed by atoms with van der Waals surface area (Å²) >= 11 is 6.16. The van der Waals surface area contributed by atoms with Crippen molar-refractivity contribution in [3.8, 4) is 0 Å². The van der Waals surface area contributed by atoms with Crippen LogP contribution in [0.5, 0.6) is 0 Å². The topological polar surface area (TPSA) is 79.2 Å². The molecule has 1 aliphatic heterocycles. The summed E-state index contributed by atoms with van der Waals surface area (Å²) in [5.74, 6) is -0.787. The number of nitrogens with zero attached hydrogens (tertiary/aromatic N) is 2. The van der Waals surface area contributed by atoms with Gasteiger partial charge in [0, 0.05) is 18.0 Å². The second-order valence-electron chi connectivity index (χ2n) is 7.46. The Morgan fingerprint density at radius 3 is 2.44 bits per heavy atom. The molecular weight excluding hydrogens is 428 g/mol. The number of benzene rings is 3. The Labute approximate surface area is 190 Å². The first kappa shape index (κ1) is 21.6. The predicted octanol–water partition coefficient (Wildman–Crippen LogP) is 4.98. The molecule has 1 heterocycles. The number of ether oxygens (including phenoxy) is 1. The van der Waals surface area contributed by atoms with Crippen LogP contribution in [-0.2, 0) is 17.7 Å². The number of carbonyl (C=O) groups is 2. The lowest BCUT2D eigenvalue weighted by atomic mass is 10.0. The van der Waals surface area contributed by atoms with Crippen LogP contribution in [0.25, 0.3) is 0 Å². The maximum atomic E-state index is 13.6. The van der Waals surface area contributed by atoms with E-state index in [-0.39, 0.29) is 18.0 Å². The number of rotatable bonds is 5. The number of methoxy groups -OCH3 is 1. The third-order valence-electron chi connectivity index (χ3n) is 5.38. The minimum absolute atomic E-state index is 0.191. The molecule has 3 aromatic carbocycles. The van der Waals surface area contributed by atoms with Crippen molar-refractivity contribution in [1.82, 2.24) is 4.90 Å². The van der Waals surface area contributed by atoms with E-state index in [2.05, 4.69) is 4.99 Å².